The zero-order chi connectivity index (χ0) is 21.8. The van der Waals surface area contributed by atoms with E-state index in [0.717, 1.165) is 17.7 Å². The van der Waals surface area contributed by atoms with Crippen LogP contribution >= 0.6 is 0 Å². The number of rotatable bonds is 5. The summed E-state index contributed by atoms with van der Waals surface area (Å²) in [4.78, 5) is 14.0. The summed E-state index contributed by atoms with van der Waals surface area (Å²) >= 11 is 0. The van der Waals surface area contributed by atoms with Gasteiger partial charge in [0.25, 0.3) is 5.91 Å². The molecule has 0 bridgehead atoms. The molecule has 0 saturated carbocycles. The quantitative estimate of drug-likeness (QED) is 0.665. The molecule has 3 rings (SSSR count). The fraction of sp³-hybridized carbons (Fsp3) is 0.364. The number of carbonyl (C=O) groups is 1. The van der Waals surface area contributed by atoms with Crippen LogP contribution in [0.25, 0.3) is 0 Å². The largest absolute Gasteiger partial charge is 0.484 e. The highest BCUT2D eigenvalue weighted by atomic mass is 19.4. The Morgan fingerprint density at radius 1 is 1.07 bits per heavy atom. The van der Waals surface area contributed by atoms with E-state index in [-0.39, 0.29) is 24.1 Å². The van der Waals surface area contributed by atoms with Crippen molar-refractivity contribution in [1.82, 2.24) is 4.90 Å². The first-order valence-electron chi connectivity index (χ1n) is 9.44. The maximum absolute atomic E-state index is 13.1. The lowest BCUT2D eigenvalue weighted by molar-refractivity contribution is -0.138. The van der Waals surface area contributed by atoms with Crippen LogP contribution in [0.15, 0.2) is 48.5 Å². The Hall–Kier alpha value is -3.08. The van der Waals surface area contributed by atoms with Gasteiger partial charge in [0.1, 0.15) is 11.6 Å². The smallest absolute Gasteiger partial charge is 0.416 e. The molecule has 1 fully saturated rings. The van der Waals surface area contributed by atoms with Crippen molar-refractivity contribution in [3.8, 4) is 11.8 Å². The van der Waals surface area contributed by atoms with Crippen LogP contribution in [0, 0.1) is 22.6 Å². The van der Waals surface area contributed by atoms with Gasteiger partial charge in [-0.15, -0.1) is 0 Å². The van der Waals surface area contributed by atoms with Crippen molar-refractivity contribution in [2.24, 2.45) is 5.41 Å². The van der Waals surface area contributed by atoms with E-state index in [1.807, 2.05) is 0 Å². The Morgan fingerprint density at radius 3 is 2.20 bits per heavy atom. The van der Waals surface area contributed by atoms with E-state index in [0.29, 0.717) is 32.4 Å². The molecule has 158 valence electrons. The summed E-state index contributed by atoms with van der Waals surface area (Å²) in [6.07, 6.45) is -2.99. The number of nitrogens with zero attached hydrogens (tertiary/aromatic N) is 2. The van der Waals surface area contributed by atoms with E-state index >= 15 is 0 Å². The number of carbonyl (C=O) groups excluding carboxylic acids is 1. The fourth-order valence-corrected chi connectivity index (χ4v) is 3.48. The zero-order valence-corrected chi connectivity index (χ0v) is 16.1. The molecule has 1 amide bonds. The minimum atomic E-state index is -4.43. The van der Waals surface area contributed by atoms with Crippen molar-refractivity contribution in [3.63, 3.8) is 0 Å². The average Bonchev–Trinajstić information content (AvgIpc) is 2.74. The van der Waals surface area contributed by atoms with Gasteiger partial charge in [-0.1, -0.05) is 12.1 Å². The second-order valence-corrected chi connectivity index (χ2v) is 7.39. The Labute approximate surface area is 171 Å². The third kappa shape index (κ3) is 5.29. The number of hydrogen-bond acceptors (Lipinski definition) is 3. The zero-order valence-electron chi connectivity index (χ0n) is 16.1. The number of piperidine rings is 1. The van der Waals surface area contributed by atoms with Gasteiger partial charge in [0.2, 0.25) is 0 Å². The van der Waals surface area contributed by atoms with E-state index < -0.39 is 17.2 Å². The molecule has 8 heteroatoms. The minimum absolute atomic E-state index is 0.177. The van der Waals surface area contributed by atoms with Crippen LogP contribution in [0.5, 0.6) is 5.75 Å². The summed E-state index contributed by atoms with van der Waals surface area (Å²) in [6.45, 7) is 0.469. The molecular formula is C22H20F4N2O2. The predicted octanol–water partition coefficient (Wildman–Crippen LogP) is 4.60. The molecule has 1 aliphatic heterocycles. The summed E-state index contributed by atoms with van der Waals surface area (Å²) in [7, 11) is 0. The summed E-state index contributed by atoms with van der Waals surface area (Å²) < 4.78 is 56.1. The van der Waals surface area contributed by atoms with E-state index in [2.05, 4.69) is 6.07 Å². The van der Waals surface area contributed by atoms with Crippen LogP contribution < -0.4 is 4.74 Å². The highest BCUT2D eigenvalue weighted by molar-refractivity contribution is 5.77. The van der Waals surface area contributed by atoms with E-state index in [9.17, 15) is 27.6 Å². The van der Waals surface area contributed by atoms with Crippen LogP contribution in [0.1, 0.15) is 24.0 Å². The van der Waals surface area contributed by atoms with Gasteiger partial charge in [-0.05, 0) is 61.2 Å². The summed E-state index contributed by atoms with van der Waals surface area (Å²) in [5.41, 5.74) is -0.544. The highest BCUT2D eigenvalue weighted by Crippen LogP contribution is 2.35. The highest BCUT2D eigenvalue weighted by Gasteiger charge is 2.36. The van der Waals surface area contributed by atoms with E-state index in [1.165, 1.54) is 24.3 Å². The fourth-order valence-electron chi connectivity index (χ4n) is 3.48. The van der Waals surface area contributed by atoms with Crippen molar-refractivity contribution >= 4 is 5.91 Å². The second kappa shape index (κ2) is 8.74. The second-order valence-electron chi connectivity index (χ2n) is 7.39. The molecule has 0 radical (unpaired) electrons. The topological polar surface area (TPSA) is 53.3 Å². The third-order valence-corrected chi connectivity index (χ3v) is 5.31. The number of amides is 1. The molecule has 1 saturated heterocycles. The number of likely N-dealkylation sites (tertiary alicyclic amines) is 1. The first kappa shape index (κ1) is 21.6. The maximum atomic E-state index is 13.1. The average molecular weight is 420 g/mol. The molecule has 0 aliphatic carbocycles. The van der Waals surface area contributed by atoms with Crippen molar-refractivity contribution in [2.45, 2.75) is 25.4 Å². The summed E-state index contributed by atoms with van der Waals surface area (Å²) in [6, 6.07) is 12.5. The van der Waals surface area contributed by atoms with E-state index in [4.69, 9.17) is 4.74 Å². The van der Waals surface area contributed by atoms with Gasteiger partial charge in [-0.2, -0.15) is 18.4 Å². The molecule has 2 aromatic rings. The van der Waals surface area contributed by atoms with Gasteiger partial charge >= 0.3 is 6.18 Å². The molecular weight excluding hydrogens is 400 g/mol. The molecule has 0 spiro atoms. The number of halogens is 4. The first-order chi connectivity index (χ1) is 14.2. The molecule has 0 aromatic heterocycles. The van der Waals surface area contributed by atoms with Crippen LogP contribution in [0.4, 0.5) is 17.6 Å². The van der Waals surface area contributed by atoms with Gasteiger partial charge in [0, 0.05) is 13.1 Å². The third-order valence-electron chi connectivity index (χ3n) is 5.31. The van der Waals surface area contributed by atoms with Crippen LogP contribution in [0.2, 0.25) is 0 Å². The molecule has 4 nitrogen and oxygen atoms in total. The SMILES string of the molecule is N#CC1(Cc2ccc(F)cc2)CCN(C(=O)COc2ccc(C(F)(F)F)cc2)CC1. The number of ether oxygens (including phenoxy) is 1. The van der Waals surface area contributed by atoms with E-state index in [1.54, 1.807) is 17.0 Å². The normalized spacial score (nSPS) is 16.0. The minimum Gasteiger partial charge on any atom is -0.484 e. The lowest BCUT2D eigenvalue weighted by Crippen LogP contribution is -2.45. The Morgan fingerprint density at radius 2 is 1.67 bits per heavy atom. The Bertz CT molecular complexity index is 910. The standard InChI is InChI=1S/C22H20F4N2O2/c23-18-5-1-16(2-6-18)13-21(15-27)9-11-28(12-10-21)20(29)14-30-19-7-3-17(4-8-19)22(24,25)26/h1-8H,9-14H2. The van der Waals surface area contributed by atoms with Crippen molar-refractivity contribution < 1.29 is 27.1 Å². The molecule has 0 unspecified atom stereocenters. The van der Waals surface area contributed by atoms with Crippen molar-refractivity contribution in [3.05, 3.63) is 65.5 Å². The molecule has 0 N–H and O–H groups in total. The Kier molecular flexibility index (Phi) is 6.30. The molecule has 1 heterocycles. The number of nitriles is 1. The predicted molar refractivity (Wildman–Crippen MR) is 101 cm³/mol. The number of hydrogen-bond donors (Lipinski definition) is 0. The molecule has 30 heavy (non-hydrogen) atoms. The lowest BCUT2D eigenvalue weighted by Gasteiger charge is -2.37. The molecule has 0 atom stereocenters. The molecule has 1 aliphatic rings. The van der Waals surface area contributed by atoms with Gasteiger partial charge in [-0.25, -0.2) is 4.39 Å². The number of alkyl halides is 3. The Balaban J connectivity index is 1.52. The molecule has 2 aromatic carbocycles. The summed E-state index contributed by atoms with van der Waals surface area (Å²) in [5, 5.41) is 9.68. The van der Waals surface area contributed by atoms with Crippen molar-refractivity contribution in [2.75, 3.05) is 19.7 Å². The van der Waals surface area contributed by atoms with Crippen molar-refractivity contribution in [1.29, 1.82) is 5.26 Å². The van der Waals surface area contributed by atoms with Gasteiger partial charge in [0.05, 0.1) is 17.0 Å². The summed E-state index contributed by atoms with van der Waals surface area (Å²) in [5.74, 6) is -0.447. The van der Waals surface area contributed by atoms with Crippen LogP contribution in [0.3, 0.4) is 0 Å². The van der Waals surface area contributed by atoms with Crippen LogP contribution in [-0.2, 0) is 17.4 Å². The van der Waals surface area contributed by atoms with Gasteiger partial charge in [-0.3, -0.25) is 4.79 Å². The first-order valence-corrected chi connectivity index (χ1v) is 9.44. The van der Waals surface area contributed by atoms with Crippen LogP contribution in [-0.4, -0.2) is 30.5 Å². The van der Waals surface area contributed by atoms with Gasteiger partial charge < -0.3 is 9.64 Å². The number of benzene rings is 2. The van der Waals surface area contributed by atoms with Gasteiger partial charge in [0.15, 0.2) is 6.61 Å². The monoisotopic (exact) mass is 420 g/mol. The maximum Gasteiger partial charge on any atom is 0.416 e. The lowest BCUT2D eigenvalue weighted by atomic mass is 9.75.